The van der Waals surface area contributed by atoms with Crippen molar-refractivity contribution in [2.45, 2.75) is 31.6 Å². The lowest BCUT2D eigenvalue weighted by molar-refractivity contribution is 0.699. The number of allylic oxidation sites excluding steroid dienone is 8. The fraction of sp³-hybridized carbons (Fsp3) is 0.231. The van der Waals surface area contributed by atoms with Crippen LogP contribution in [-0.4, -0.2) is 0 Å². The Bertz CT molecular complexity index is 1200. The van der Waals surface area contributed by atoms with Crippen LogP contribution < -0.4 is 0 Å². The first kappa shape index (κ1) is 18.0. The molecule has 3 aromatic rings. The van der Waals surface area contributed by atoms with Gasteiger partial charge in [0.1, 0.15) is 0 Å². The van der Waals surface area contributed by atoms with Crippen LogP contribution in [0.3, 0.4) is 0 Å². The molecular weight excluding hydrogens is 376 g/mol. The van der Waals surface area contributed by atoms with Crippen molar-refractivity contribution in [2.75, 3.05) is 0 Å². The van der Waals surface area contributed by atoms with Gasteiger partial charge in [-0.1, -0.05) is 55.5 Å². The number of thiophene rings is 1. The molecule has 0 spiro atoms. The molecule has 0 nitrogen and oxygen atoms in total. The first-order valence-corrected chi connectivity index (χ1v) is 11.3. The molecular formula is C26H24S2. The molecule has 1 aromatic heterocycles. The van der Waals surface area contributed by atoms with E-state index in [-0.39, 0.29) is 0 Å². The predicted octanol–water partition coefficient (Wildman–Crippen LogP) is 8.13. The maximum Gasteiger partial charge on any atom is 0.0362 e. The standard InChI is InChI=1S/C26H24S2/c1-16-3-6-18(7-4-16)19-8-10-20(11-9-19)22-15-26-23(14-24(22)27)21-12-5-17(2)13-25(21)28-26/h3,5-8,10-16,19,27H,4,9H2,1-2H3. The number of rotatable bonds is 2. The normalized spacial score (nSPS) is 22.0. The third-order valence-corrected chi connectivity index (χ3v) is 7.41. The fourth-order valence-corrected chi connectivity index (χ4v) is 5.78. The quantitative estimate of drug-likeness (QED) is 0.412. The van der Waals surface area contributed by atoms with Gasteiger partial charge < -0.3 is 0 Å². The molecule has 0 aliphatic heterocycles. The number of fused-ring (bicyclic) bond motifs is 3. The molecule has 140 valence electrons. The van der Waals surface area contributed by atoms with E-state index in [9.17, 15) is 0 Å². The summed E-state index contributed by atoms with van der Waals surface area (Å²) in [6.45, 7) is 4.43. The molecule has 0 bridgehead atoms. The van der Waals surface area contributed by atoms with Crippen molar-refractivity contribution in [2.24, 2.45) is 11.8 Å². The highest BCUT2D eigenvalue weighted by Crippen LogP contribution is 2.40. The Labute approximate surface area is 176 Å². The van der Waals surface area contributed by atoms with Gasteiger partial charge in [0.05, 0.1) is 0 Å². The summed E-state index contributed by atoms with van der Waals surface area (Å²) in [7, 11) is 0. The third kappa shape index (κ3) is 3.19. The van der Waals surface area contributed by atoms with Crippen LogP contribution in [0.2, 0.25) is 0 Å². The minimum Gasteiger partial charge on any atom is -0.143 e. The second-order valence-electron chi connectivity index (χ2n) is 8.10. The minimum atomic E-state index is 0.506. The molecule has 2 heteroatoms. The molecule has 2 aromatic carbocycles. The molecule has 0 amide bonds. The minimum absolute atomic E-state index is 0.506. The monoisotopic (exact) mass is 400 g/mol. The van der Waals surface area contributed by atoms with Gasteiger partial charge in [-0.05, 0) is 66.2 Å². The van der Waals surface area contributed by atoms with Crippen molar-refractivity contribution < 1.29 is 0 Å². The van der Waals surface area contributed by atoms with Crippen LogP contribution in [0.25, 0.3) is 25.7 Å². The van der Waals surface area contributed by atoms with E-state index in [1.807, 2.05) is 11.3 Å². The maximum atomic E-state index is 4.85. The highest BCUT2D eigenvalue weighted by molar-refractivity contribution is 7.80. The molecule has 2 unspecified atom stereocenters. The van der Waals surface area contributed by atoms with E-state index >= 15 is 0 Å². The molecule has 0 saturated carbocycles. The summed E-state index contributed by atoms with van der Waals surface area (Å²) in [6.07, 6.45) is 16.3. The van der Waals surface area contributed by atoms with Crippen molar-refractivity contribution in [1.29, 1.82) is 0 Å². The van der Waals surface area contributed by atoms with Crippen LogP contribution in [0, 0.1) is 18.8 Å². The summed E-state index contributed by atoms with van der Waals surface area (Å²) < 4.78 is 2.70. The van der Waals surface area contributed by atoms with Crippen molar-refractivity contribution in [3.05, 3.63) is 83.5 Å². The van der Waals surface area contributed by atoms with Crippen LogP contribution in [0.15, 0.2) is 77.3 Å². The Balaban J connectivity index is 1.48. The van der Waals surface area contributed by atoms with Crippen molar-refractivity contribution in [1.82, 2.24) is 0 Å². The Morgan fingerprint density at radius 3 is 2.54 bits per heavy atom. The van der Waals surface area contributed by atoms with Crippen LogP contribution in [0.1, 0.15) is 30.9 Å². The van der Waals surface area contributed by atoms with E-state index in [1.54, 1.807) is 0 Å². The smallest absolute Gasteiger partial charge is 0.0362 e. The summed E-state index contributed by atoms with van der Waals surface area (Å²) in [5.41, 5.74) is 5.32. The number of thiol groups is 1. The van der Waals surface area contributed by atoms with E-state index in [1.165, 1.54) is 42.4 Å². The van der Waals surface area contributed by atoms with Gasteiger partial charge in [0.2, 0.25) is 0 Å². The van der Waals surface area contributed by atoms with E-state index in [0.29, 0.717) is 11.8 Å². The van der Waals surface area contributed by atoms with Crippen LogP contribution >= 0.6 is 24.0 Å². The summed E-state index contributed by atoms with van der Waals surface area (Å²) >= 11 is 6.73. The molecule has 28 heavy (non-hydrogen) atoms. The van der Waals surface area contributed by atoms with Gasteiger partial charge in [-0.25, -0.2) is 0 Å². The lowest BCUT2D eigenvalue weighted by atomic mass is 9.84. The molecule has 0 N–H and O–H groups in total. The molecule has 5 rings (SSSR count). The zero-order valence-corrected chi connectivity index (χ0v) is 18.0. The van der Waals surface area contributed by atoms with E-state index in [4.69, 9.17) is 12.6 Å². The van der Waals surface area contributed by atoms with E-state index in [0.717, 1.165) is 17.7 Å². The van der Waals surface area contributed by atoms with Crippen molar-refractivity contribution in [3.8, 4) is 0 Å². The Hall–Kier alpha value is -2.03. The molecule has 0 radical (unpaired) electrons. The number of benzene rings is 2. The molecule has 2 atom stereocenters. The number of hydrogen-bond donors (Lipinski definition) is 1. The van der Waals surface area contributed by atoms with Crippen molar-refractivity contribution in [3.63, 3.8) is 0 Å². The Morgan fingerprint density at radius 2 is 1.79 bits per heavy atom. The highest BCUT2D eigenvalue weighted by Gasteiger charge is 2.17. The Kier molecular flexibility index (Phi) is 4.57. The lowest BCUT2D eigenvalue weighted by Crippen LogP contribution is -2.06. The van der Waals surface area contributed by atoms with Gasteiger partial charge in [-0.3, -0.25) is 0 Å². The Morgan fingerprint density at radius 1 is 0.929 bits per heavy atom. The molecule has 0 saturated heterocycles. The van der Waals surface area contributed by atoms with Crippen LogP contribution in [0.4, 0.5) is 0 Å². The second-order valence-corrected chi connectivity index (χ2v) is 9.67. The van der Waals surface area contributed by atoms with Gasteiger partial charge >= 0.3 is 0 Å². The first-order chi connectivity index (χ1) is 13.6. The van der Waals surface area contributed by atoms with E-state index < -0.39 is 0 Å². The molecule has 2 aliphatic carbocycles. The van der Waals surface area contributed by atoms with E-state index in [2.05, 4.69) is 80.6 Å². The highest BCUT2D eigenvalue weighted by atomic mass is 32.1. The lowest BCUT2D eigenvalue weighted by Gasteiger charge is -2.21. The summed E-state index contributed by atoms with van der Waals surface area (Å²) in [4.78, 5) is 1.06. The fourth-order valence-electron chi connectivity index (χ4n) is 4.24. The number of aryl methyl sites for hydroxylation is 1. The SMILES string of the molecule is Cc1ccc2c(c1)sc1cc(C3=CCC(C4=CCC(C)C=C4)C=C3)c(S)cc12. The van der Waals surface area contributed by atoms with Crippen molar-refractivity contribution >= 4 is 49.7 Å². The number of hydrogen-bond acceptors (Lipinski definition) is 2. The maximum absolute atomic E-state index is 4.85. The third-order valence-electron chi connectivity index (χ3n) is 5.93. The van der Waals surface area contributed by atoms with Gasteiger partial charge in [-0.15, -0.1) is 24.0 Å². The average molecular weight is 401 g/mol. The van der Waals surface area contributed by atoms with Gasteiger partial charge in [0, 0.05) is 31.0 Å². The predicted molar refractivity (Wildman–Crippen MR) is 128 cm³/mol. The largest absolute Gasteiger partial charge is 0.143 e. The molecule has 0 fully saturated rings. The van der Waals surface area contributed by atoms with Gasteiger partial charge in [-0.2, -0.15) is 0 Å². The topological polar surface area (TPSA) is 0 Å². The first-order valence-electron chi connectivity index (χ1n) is 10.0. The van der Waals surface area contributed by atoms with Gasteiger partial charge in [0.25, 0.3) is 0 Å². The van der Waals surface area contributed by atoms with Crippen LogP contribution in [-0.2, 0) is 0 Å². The zero-order chi connectivity index (χ0) is 19.3. The van der Waals surface area contributed by atoms with Crippen LogP contribution in [0.5, 0.6) is 0 Å². The average Bonchev–Trinajstić information content (AvgIpc) is 3.04. The zero-order valence-electron chi connectivity index (χ0n) is 16.3. The second kappa shape index (κ2) is 7.09. The summed E-state index contributed by atoms with van der Waals surface area (Å²) in [5.74, 6) is 1.18. The summed E-state index contributed by atoms with van der Waals surface area (Å²) in [5, 5.41) is 2.66. The molecule has 1 heterocycles. The van der Waals surface area contributed by atoms with Gasteiger partial charge in [0.15, 0.2) is 0 Å². The molecule has 2 aliphatic rings. The summed E-state index contributed by atoms with van der Waals surface area (Å²) in [6, 6.07) is 11.3.